The van der Waals surface area contributed by atoms with E-state index in [0.29, 0.717) is 5.92 Å². The third kappa shape index (κ3) is 4.54. The average molecular weight is 270 g/mol. The molecule has 108 valence electrons. The van der Waals surface area contributed by atoms with E-state index in [2.05, 4.69) is 17.6 Å². The Hall–Kier alpha value is -1.59. The number of urea groups is 1. The van der Waals surface area contributed by atoms with Crippen LogP contribution in [0.25, 0.3) is 0 Å². The van der Waals surface area contributed by atoms with Crippen LogP contribution < -0.4 is 10.6 Å². The summed E-state index contributed by atoms with van der Waals surface area (Å²) in [6.45, 7) is 4.96. The van der Waals surface area contributed by atoms with Gasteiger partial charge in [0.1, 0.15) is 0 Å². The lowest BCUT2D eigenvalue weighted by atomic mass is 9.89. The summed E-state index contributed by atoms with van der Waals surface area (Å²) in [4.78, 5) is 34.1. The molecule has 0 aromatic carbocycles. The van der Waals surface area contributed by atoms with Gasteiger partial charge >= 0.3 is 12.0 Å². The van der Waals surface area contributed by atoms with Crippen molar-refractivity contribution in [1.82, 2.24) is 10.6 Å². The van der Waals surface area contributed by atoms with E-state index in [1.165, 1.54) is 13.8 Å². The first-order chi connectivity index (χ1) is 8.72. The summed E-state index contributed by atoms with van der Waals surface area (Å²) in [5.41, 5.74) is -1.18. The Balaban J connectivity index is 2.40. The minimum atomic E-state index is -1.18. The Morgan fingerprint density at radius 1 is 1.26 bits per heavy atom. The molecule has 6 heteroatoms. The van der Waals surface area contributed by atoms with Crippen LogP contribution in [-0.2, 0) is 9.59 Å². The first kappa shape index (κ1) is 15.5. The van der Waals surface area contributed by atoms with Gasteiger partial charge in [0.05, 0.1) is 5.41 Å². The number of aliphatic carboxylic acids is 1. The van der Waals surface area contributed by atoms with Crippen LogP contribution in [0.1, 0.15) is 46.5 Å². The van der Waals surface area contributed by atoms with Gasteiger partial charge in [0.2, 0.25) is 5.91 Å². The van der Waals surface area contributed by atoms with Crippen molar-refractivity contribution in [2.24, 2.45) is 11.3 Å². The standard InChI is InChI=1S/C13H22N2O4/c1-8-5-4-6-9(8)14-12(19)15-10(16)7-13(2,3)11(17)18/h8-9H,4-7H2,1-3H3,(H,17,18)(H2,14,15,16,19). The Kier molecular flexibility index (Phi) is 4.91. The smallest absolute Gasteiger partial charge is 0.321 e. The number of carboxylic acid groups (broad SMARTS) is 1. The maximum absolute atomic E-state index is 11.6. The molecule has 0 heterocycles. The lowest BCUT2D eigenvalue weighted by molar-refractivity contribution is -0.149. The first-order valence-corrected chi connectivity index (χ1v) is 6.56. The second kappa shape index (κ2) is 6.04. The van der Waals surface area contributed by atoms with Gasteiger partial charge in [-0.3, -0.25) is 14.9 Å². The fourth-order valence-corrected chi connectivity index (χ4v) is 2.21. The van der Waals surface area contributed by atoms with Crippen molar-refractivity contribution in [3.8, 4) is 0 Å². The normalized spacial score (nSPS) is 22.9. The van der Waals surface area contributed by atoms with E-state index < -0.39 is 23.3 Å². The highest BCUT2D eigenvalue weighted by Gasteiger charge is 2.31. The Morgan fingerprint density at radius 2 is 1.89 bits per heavy atom. The molecule has 1 aliphatic carbocycles. The molecule has 0 radical (unpaired) electrons. The lowest BCUT2D eigenvalue weighted by Crippen LogP contribution is -2.46. The molecule has 2 unspecified atom stereocenters. The first-order valence-electron chi connectivity index (χ1n) is 6.56. The van der Waals surface area contributed by atoms with Gasteiger partial charge in [0.15, 0.2) is 0 Å². The van der Waals surface area contributed by atoms with Crippen molar-refractivity contribution in [2.45, 2.75) is 52.5 Å². The maximum Gasteiger partial charge on any atom is 0.321 e. The van der Waals surface area contributed by atoms with Crippen LogP contribution in [0.4, 0.5) is 4.79 Å². The second-order valence-corrected chi connectivity index (χ2v) is 5.90. The van der Waals surface area contributed by atoms with Gasteiger partial charge in [-0.2, -0.15) is 0 Å². The minimum absolute atomic E-state index is 0.0975. The van der Waals surface area contributed by atoms with Crippen LogP contribution in [0.15, 0.2) is 0 Å². The fraction of sp³-hybridized carbons (Fsp3) is 0.769. The summed E-state index contributed by atoms with van der Waals surface area (Å²) >= 11 is 0. The average Bonchev–Trinajstić information content (AvgIpc) is 2.62. The number of carbonyl (C=O) groups is 3. The van der Waals surface area contributed by atoms with Crippen molar-refractivity contribution < 1.29 is 19.5 Å². The van der Waals surface area contributed by atoms with Crippen molar-refractivity contribution in [1.29, 1.82) is 0 Å². The number of hydrogen-bond acceptors (Lipinski definition) is 3. The highest BCUT2D eigenvalue weighted by molar-refractivity contribution is 5.96. The highest BCUT2D eigenvalue weighted by atomic mass is 16.4. The summed E-state index contributed by atoms with van der Waals surface area (Å²) in [5, 5.41) is 13.9. The van der Waals surface area contributed by atoms with E-state index in [1.54, 1.807) is 0 Å². The van der Waals surface area contributed by atoms with E-state index in [-0.39, 0.29) is 12.5 Å². The van der Waals surface area contributed by atoms with Crippen LogP contribution in [0.5, 0.6) is 0 Å². The van der Waals surface area contributed by atoms with Crippen molar-refractivity contribution in [2.75, 3.05) is 0 Å². The molecule has 3 N–H and O–H groups in total. The SMILES string of the molecule is CC1CCCC1NC(=O)NC(=O)CC(C)(C)C(=O)O. The number of carbonyl (C=O) groups excluding carboxylic acids is 2. The van der Waals surface area contributed by atoms with Gasteiger partial charge in [-0.25, -0.2) is 4.79 Å². The summed E-state index contributed by atoms with van der Waals surface area (Å²) in [6, 6.07) is -0.440. The fourth-order valence-electron chi connectivity index (χ4n) is 2.21. The Bertz CT molecular complexity index is 379. The zero-order valence-corrected chi connectivity index (χ0v) is 11.7. The predicted molar refractivity (Wildman–Crippen MR) is 69.5 cm³/mol. The summed E-state index contributed by atoms with van der Waals surface area (Å²) < 4.78 is 0. The summed E-state index contributed by atoms with van der Waals surface area (Å²) in [7, 11) is 0. The molecule has 3 amide bonds. The van der Waals surface area contributed by atoms with E-state index >= 15 is 0 Å². The predicted octanol–water partition coefficient (Wildman–Crippen LogP) is 1.50. The molecule has 0 aliphatic heterocycles. The van der Waals surface area contributed by atoms with Crippen LogP contribution in [-0.4, -0.2) is 29.1 Å². The van der Waals surface area contributed by atoms with Gasteiger partial charge in [-0.15, -0.1) is 0 Å². The van der Waals surface area contributed by atoms with Crippen LogP contribution in [0.3, 0.4) is 0 Å². The molecule has 0 spiro atoms. The molecule has 0 aromatic rings. The van der Waals surface area contributed by atoms with Crippen LogP contribution >= 0.6 is 0 Å². The maximum atomic E-state index is 11.6. The molecular weight excluding hydrogens is 248 g/mol. The van der Waals surface area contributed by atoms with Crippen LogP contribution in [0.2, 0.25) is 0 Å². The molecule has 0 saturated heterocycles. The van der Waals surface area contributed by atoms with Crippen molar-refractivity contribution in [3.05, 3.63) is 0 Å². The van der Waals surface area contributed by atoms with Gasteiger partial charge in [-0.05, 0) is 32.6 Å². The number of hydrogen-bond donors (Lipinski definition) is 3. The number of nitrogens with one attached hydrogen (secondary N) is 2. The molecule has 1 saturated carbocycles. The summed E-state index contributed by atoms with van der Waals surface area (Å²) in [5.74, 6) is -1.22. The zero-order valence-electron chi connectivity index (χ0n) is 11.7. The van der Waals surface area contributed by atoms with Gasteiger partial charge < -0.3 is 10.4 Å². The summed E-state index contributed by atoms with van der Waals surface area (Å²) in [6.07, 6.45) is 2.84. The number of rotatable bonds is 4. The number of amides is 3. The topological polar surface area (TPSA) is 95.5 Å². The molecule has 0 bridgehead atoms. The minimum Gasteiger partial charge on any atom is -0.481 e. The quantitative estimate of drug-likeness (QED) is 0.721. The van der Waals surface area contributed by atoms with Crippen LogP contribution in [0, 0.1) is 11.3 Å². The van der Waals surface area contributed by atoms with E-state index in [0.717, 1.165) is 19.3 Å². The third-order valence-corrected chi connectivity index (χ3v) is 3.61. The third-order valence-electron chi connectivity index (χ3n) is 3.61. The van der Waals surface area contributed by atoms with Gasteiger partial charge in [-0.1, -0.05) is 13.3 Å². The molecule has 1 aliphatic rings. The zero-order chi connectivity index (χ0) is 14.6. The second-order valence-electron chi connectivity index (χ2n) is 5.90. The van der Waals surface area contributed by atoms with Crippen molar-refractivity contribution in [3.63, 3.8) is 0 Å². The Labute approximate surface area is 112 Å². The largest absolute Gasteiger partial charge is 0.481 e. The van der Waals surface area contributed by atoms with Gasteiger partial charge in [0.25, 0.3) is 0 Å². The van der Waals surface area contributed by atoms with E-state index in [4.69, 9.17) is 5.11 Å². The highest BCUT2D eigenvalue weighted by Crippen LogP contribution is 2.24. The molecule has 1 fully saturated rings. The molecular formula is C13H22N2O4. The molecule has 19 heavy (non-hydrogen) atoms. The monoisotopic (exact) mass is 270 g/mol. The van der Waals surface area contributed by atoms with Crippen molar-refractivity contribution >= 4 is 17.9 Å². The van der Waals surface area contributed by atoms with E-state index in [1.807, 2.05) is 0 Å². The Morgan fingerprint density at radius 3 is 2.37 bits per heavy atom. The number of imide groups is 1. The molecule has 1 rings (SSSR count). The van der Waals surface area contributed by atoms with Gasteiger partial charge in [0, 0.05) is 12.5 Å². The number of carboxylic acids is 1. The lowest BCUT2D eigenvalue weighted by Gasteiger charge is -2.20. The van der Waals surface area contributed by atoms with E-state index in [9.17, 15) is 14.4 Å². The molecule has 0 aromatic heterocycles. The molecule has 6 nitrogen and oxygen atoms in total. The molecule has 2 atom stereocenters.